The Bertz CT molecular complexity index is 188. The van der Waals surface area contributed by atoms with E-state index < -0.39 is 0 Å². The highest BCUT2D eigenvalue weighted by molar-refractivity contribution is 5.76. The summed E-state index contributed by atoms with van der Waals surface area (Å²) in [6.07, 6.45) is 5.87. The van der Waals surface area contributed by atoms with Gasteiger partial charge in [0.1, 0.15) is 0 Å². The summed E-state index contributed by atoms with van der Waals surface area (Å²) < 4.78 is 0. The topological polar surface area (TPSA) is 41.1 Å². The average Bonchev–Trinajstić information content (AvgIpc) is 2.68. The van der Waals surface area contributed by atoms with Crippen molar-refractivity contribution in [1.29, 1.82) is 0 Å². The Morgan fingerprint density at radius 3 is 2.60 bits per heavy atom. The molecular formula is C12H24N2O. The lowest BCUT2D eigenvalue weighted by molar-refractivity contribution is -0.122. The number of carbonyl (C=O) groups is 1. The van der Waals surface area contributed by atoms with Crippen molar-refractivity contribution < 1.29 is 4.79 Å². The van der Waals surface area contributed by atoms with E-state index in [1.807, 2.05) is 7.05 Å². The van der Waals surface area contributed by atoms with Crippen LogP contribution in [0.25, 0.3) is 0 Å². The summed E-state index contributed by atoms with van der Waals surface area (Å²) in [4.78, 5) is 11.6. The zero-order valence-corrected chi connectivity index (χ0v) is 10.0. The summed E-state index contributed by atoms with van der Waals surface area (Å²) in [6, 6.07) is 0. The van der Waals surface area contributed by atoms with Crippen LogP contribution in [-0.2, 0) is 4.79 Å². The zero-order chi connectivity index (χ0) is 11.1. The Labute approximate surface area is 93.0 Å². The monoisotopic (exact) mass is 212 g/mol. The molecule has 1 aliphatic carbocycles. The molecule has 3 nitrogen and oxygen atoms in total. The van der Waals surface area contributed by atoms with Gasteiger partial charge in [-0.15, -0.1) is 0 Å². The van der Waals surface area contributed by atoms with Gasteiger partial charge in [0.05, 0.1) is 0 Å². The second kappa shape index (κ2) is 6.83. The molecule has 1 unspecified atom stereocenters. The van der Waals surface area contributed by atoms with Crippen molar-refractivity contribution in [3.05, 3.63) is 0 Å². The van der Waals surface area contributed by atoms with Crippen molar-refractivity contribution in [3.8, 4) is 0 Å². The molecule has 88 valence electrons. The van der Waals surface area contributed by atoms with E-state index in [1.165, 1.54) is 25.7 Å². The van der Waals surface area contributed by atoms with Crippen LogP contribution in [0.2, 0.25) is 0 Å². The molecule has 1 fully saturated rings. The van der Waals surface area contributed by atoms with Crippen LogP contribution < -0.4 is 10.6 Å². The lowest BCUT2D eigenvalue weighted by Gasteiger charge is -2.13. The van der Waals surface area contributed by atoms with Crippen LogP contribution in [0.15, 0.2) is 0 Å². The van der Waals surface area contributed by atoms with Gasteiger partial charge in [0.2, 0.25) is 5.91 Å². The lowest BCUT2D eigenvalue weighted by Crippen LogP contribution is -2.32. The summed E-state index contributed by atoms with van der Waals surface area (Å²) in [7, 11) is 1.94. The van der Waals surface area contributed by atoms with Crippen LogP contribution in [0.1, 0.15) is 39.0 Å². The molecule has 0 aromatic heterocycles. The third-order valence-electron chi connectivity index (χ3n) is 3.15. The normalized spacial score (nSPS) is 19.1. The number of hydrogen-bond acceptors (Lipinski definition) is 2. The average molecular weight is 212 g/mol. The molecule has 2 N–H and O–H groups in total. The lowest BCUT2D eigenvalue weighted by atomic mass is 10.0. The van der Waals surface area contributed by atoms with Crippen molar-refractivity contribution in [3.63, 3.8) is 0 Å². The van der Waals surface area contributed by atoms with Crippen LogP contribution >= 0.6 is 0 Å². The molecule has 1 atom stereocenters. The Morgan fingerprint density at radius 1 is 1.33 bits per heavy atom. The first kappa shape index (κ1) is 12.5. The SMILES string of the molecule is CNCC(C)CNC(=O)CC1CCCC1. The molecule has 1 saturated carbocycles. The minimum Gasteiger partial charge on any atom is -0.356 e. The highest BCUT2D eigenvalue weighted by atomic mass is 16.1. The molecule has 1 amide bonds. The third-order valence-corrected chi connectivity index (χ3v) is 3.15. The number of carbonyl (C=O) groups excluding carboxylic acids is 1. The molecule has 1 rings (SSSR count). The molecule has 3 heteroatoms. The molecule has 0 aromatic carbocycles. The van der Waals surface area contributed by atoms with Crippen LogP contribution in [0, 0.1) is 11.8 Å². The van der Waals surface area contributed by atoms with E-state index in [4.69, 9.17) is 0 Å². The molecule has 15 heavy (non-hydrogen) atoms. The second-order valence-electron chi connectivity index (χ2n) is 4.82. The predicted molar refractivity (Wildman–Crippen MR) is 62.7 cm³/mol. The minimum absolute atomic E-state index is 0.241. The smallest absolute Gasteiger partial charge is 0.220 e. The van der Waals surface area contributed by atoms with E-state index in [0.29, 0.717) is 11.8 Å². The van der Waals surface area contributed by atoms with Crippen LogP contribution in [0.5, 0.6) is 0 Å². The van der Waals surface area contributed by atoms with E-state index in [1.54, 1.807) is 0 Å². The Balaban J connectivity index is 2.07. The molecule has 0 aliphatic heterocycles. The van der Waals surface area contributed by atoms with Gasteiger partial charge in [-0.2, -0.15) is 0 Å². The van der Waals surface area contributed by atoms with Gasteiger partial charge >= 0.3 is 0 Å². The molecule has 0 heterocycles. The van der Waals surface area contributed by atoms with Gasteiger partial charge in [0.15, 0.2) is 0 Å². The van der Waals surface area contributed by atoms with Gasteiger partial charge < -0.3 is 10.6 Å². The maximum absolute atomic E-state index is 11.6. The van der Waals surface area contributed by atoms with E-state index >= 15 is 0 Å². The highest BCUT2D eigenvalue weighted by Crippen LogP contribution is 2.27. The molecule has 0 bridgehead atoms. The van der Waals surface area contributed by atoms with Crippen LogP contribution in [0.4, 0.5) is 0 Å². The molecule has 0 spiro atoms. The van der Waals surface area contributed by atoms with E-state index in [2.05, 4.69) is 17.6 Å². The first-order valence-electron chi connectivity index (χ1n) is 6.13. The Kier molecular flexibility index (Phi) is 5.69. The fourth-order valence-electron chi connectivity index (χ4n) is 2.26. The van der Waals surface area contributed by atoms with Crippen molar-refractivity contribution in [2.45, 2.75) is 39.0 Å². The summed E-state index contributed by atoms with van der Waals surface area (Å²) >= 11 is 0. The van der Waals surface area contributed by atoms with Gasteiger partial charge in [-0.3, -0.25) is 4.79 Å². The van der Waals surface area contributed by atoms with Crippen LogP contribution in [0.3, 0.4) is 0 Å². The maximum atomic E-state index is 11.6. The van der Waals surface area contributed by atoms with Gasteiger partial charge in [0, 0.05) is 13.0 Å². The molecule has 0 saturated heterocycles. The maximum Gasteiger partial charge on any atom is 0.220 e. The van der Waals surface area contributed by atoms with Gasteiger partial charge in [-0.1, -0.05) is 19.8 Å². The molecule has 0 aromatic rings. The van der Waals surface area contributed by atoms with Gasteiger partial charge in [-0.05, 0) is 38.3 Å². The predicted octanol–water partition coefficient (Wildman–Crippen LogP) is 1.54. The van der Waals surface area contributed by atoms with E-state index in [9.17, 15) is 4.79 Å². The van der Waals surface area contributed by atoms with Crippen LogP contribution in [-0.4, -0.2) is 26.0 Å². The highest BCUT2D eigenvalue weighted by Gasteiger charge is 2.18. The van der Waals surface area contributed by atoms with E-state index in [-0.39, 0.29) is 5.91 Å². The van der Waals surface area contributed by atoms with Crippen molar-refractivity contribution >= 4 is 5.91 Å². The summed E-state index contributed by atoms with van der Waals surface area (Å²) in [5.74, 6) is 1.41. The quantitative estimate of drug-likeness (QED) is 0.701. The fraction of sp³-hybridized carbons (Fsp3) is 0.917. The number of nitrogens with one attached hydrogen (secondary N) is 2. The van der Waals surface area contributed by atoms with Crippen molar-refractivity contribution in [2.24, 2.45) is 11.8 Å². The summed E-state index contributed by atoms with van der Waals surface area (Å²) in [5, 5.41) is 6.13. The zero-order valence-electron chi connectivity index (χ0n) is 10.0. The minimum atomic E-state index is 0.241. The molecule has 0 radical (unpaired) electrons. The molecular weight excluding hydrogens is 188 g/mol. The summed E-state index contributed by atoms with van der Waals surface area (Å²) in [6.45, 7) is 3.91. The van der Waals surface area contributed by atoms with Crippen molar-refractivity contribution in [1.82, 2.24) is 10.6 Å². The van der Waals surface area contributed by atoms with Gasteiger partial charge in [0.25, 0.3) is 0 Å². The van der Waals surface area contributed by atoms with Crippen molar-refractivity contribution in [2.75, 3.05) is 20.1 Å². The first-order chi connectivity index (χ1) is 7.22. The molecule has 1 aliphatic rings. The second-order valence-corrected chi connectivity index (χ2v) is 4.82. The van der Waals surface area contributed by atoms with Gasteiger partial charge in [-0.25, -0.2) is 0 Å². The first-order valence-corrected chi connectivity index (χ1v) is 6.13. The fourth-order valence-corrected chi connectivity index (χ4v) is 2.26. The Morgan fingerprint density at radius 2 is 2.00 bits per heavy atom. The number of rotatable bonds is 6. The van der Waals surface area contributed by atoms with E-state index in [0.717, 1.165) is 19.5 Å². The number of amides is 1. The Hall–Kier alpha value is -0.570. The standard InChI is InChI=1S/C12H24N2O/c1-10(8-13-2)9-14-12(15)7-11-5-3-4-6-11/h10-11,13H,3-9H2,1-2H3,(H,14,15). The third kappa shape index (κ3) is 5.17. The largest absolute Gasteiger partial charge is 0.356 e. The summed E-state index contributed by atoms with van der Waals surface area (Å²) in [5.41, 5.74) is 0. The number of hydrogen-bond donors (Lipinski definition) is 2.